The molecule has 2 aliphatic heterocycles. The summed E-state index contributed by atoms with van der Waals surface area (Å²) in [5.41, 5.74) is 14.0. The maximum atomic E-state index is 13.4. The zero-order valence-electron chi connectivity index (χ0n) is 13.0. The molecule has 8 heteroatoms. The van der Waals surface area contributed by atoms with Crippen molar-refractivity contribution in [2.24, 2.45) is 16.5 Å². The zero-order valence-corrected chi connectivity index (χ0v) is 14.6. The van der Waals surface area contributed by atoms with Crippen LogP contribution < -0.4 is 21.3 Å². The Labute approximate surface area is 153 Å². The molecule has 0 saturated carbocycles. The Hall–Kier alpha value is -2.06. The summed E-state index contributed by atoms with van der Waals surface area (Å²) in [6, 6.07) is 14.3. The number of rotatable bonds is 2. The number of hydrogen-bond acceptors (Lipinski definition) is 6. The van der Waals surface area contributed by atoms with Crippen molar-refractivity contribution in [2.45, 2.75) is 11.7 Å². The van der Waals surface area contributed by atoms with Crippen molar-refractivity contribution in [1.29, 1.82) is 0 Å². The van der Waals surface area contributed by atoms with Crippen LogP contribution in [0.15, 0.2) is 64.2 Å². The number of para-hydroxylation sites is 1. The topological polar surface area (TPSA) is 70.9 Å². The molecule has 4 rings (SSSR count). The van der Waals surface area contributed by atoms with Gasteiger partial charge in [0.15, 0.2) is 0 Å². The first-order valence-corrected chi connectivity index (χ1v) is 8.86. The minimum absolute atomic E-state index is 0.0413. The fourth-order valence-corrected chi connectivity index (χ4v) is 4.12. The van der Waals surface area contributed by atoms with Crippen LogP contribution in [0.4, 0.5) is 15.8 Å². The van der Waals surface area contributed by atoms with E-state index in [0.29, 0.717) is 5.69 Å². The first kappa shape index (κ1) is 16.4. The predicted octanol–water partition coefficient (Wildman–Crippen LogP) is 3.28. The van der Waals surface area contributed by atoms with Gasteiger partial charge in [0.25, 0.3) is 0 Å². The second-order valence-electron chi connectivity index (χ2n) is 5.60. The lowest BCUT2D eigenvalue weighted by Crippen LogP contribution is -2.44. The number of hydrogen-bond donors (Lipinski definition) is 2. The van der Waals surface area contributed by atoms with Crippen molar-refractivity contribution in [2.75, 3.05) is 9.80 Å². The molecular formula is C17H15ClFN5S. The molecule has 0 fully saturated rings. The van der Waals surface area contributed by atoms with Gasteiger partial charge in [0.05, 0.1) is 16.3 Å². The molecule has 0 bridgehead atoms. The number of nitrogens with two attached hydrogens (primary N) is 2. The van der Waals surface area contributed by atoms with Crippen LogP contribution in [0, 0.1) is 5.82 Å². The van der Waals surface area contributed by atoms with Gasteiger partial charge in [0.2, 0.25) is 0 Å². The molecule has 0 spiro atoms. The maximum Gasteiger partial charge on any atom is 0.150 e. The van der Waals surface area contributed by atoms with Crippen LogP contribution in [-0.2, 0) is 0 Å². The summed E-state index contributed by atoms with van der Waals surface area (Å²) in [5.74, 6) is 0.265. The normalized spacial score (nSPS) is 22.6. The Morgan fingerprint density at radius 3 is 2.56 bits per heavy atom. The van der Waals surface area contributed by atoms with E-state index in [0.717, 1.165) is 16.4 Å². The number of aliphatic imine (C=N–C) groups is 1. The second kappa shape index (κ2) is 6.34. The second-order valence-corrected chi connectivity index (χ2v) is 7.16. The van der Waals surface area contributed by atoms with E-state index < -0.39 is 12.0 Å². The summed E-state index contributed by atoms with van der Waals surface area (Å²) >= 11 is 7.35. The van der Waals surface area contributed by atoms with Gasteiger partial charge in [0, 0.05) is 11.4 Å². The van der Waals surface area contributed by atoms with Crippen molar-refractivity contribution in [3.05, 3.63) is 70.1 Å². The summed E-state index contributed by atoms with van der Waals surface area (Å²) in [4.78, 5) is 9.11. The van der Waals surface area contributed by atoms with Gasteiger partial charge >= 0.3 is 0 Å². The van der Waals surface area contributed by atoms with Crippen molar-refractivity contribution < 1.29 is 4.39 Å². The van der Waals surface area contributed by atoms with Gasteiger partial charge in [-0.25, -0.2) is 9.38 Å². The molecule has 2 aromatic carbocycles. The Kier molecular flexibility index (Phi) is 4.16. The largest absolute Gasteiger partial charge is 0.312 e. The predicted molar refractivity (Wildman–Crippen MR) is 102 cm³/mol. The third-order valence-electron chi connectivity index (χ3n) is 4.06. The highest BCUT2D eigenvalue weighted by Crippen LogP contribution is 2.43. The summed E-state index contributed by atoms with van der Waals surface area (Å²) in [6.07, 6.45) is 1.15. The highest BCUT2D eigenvalue weighted by atomic mass is 35.5. The van der Waals surface area contributed by atoms with E-state index in [-0.39, 0.29) is 10.5 Å². The standard InChI is InChI=1S/C17H15ClFN5S/c18-12-8-11(6-7-13(12)19)23-9-22-16-14(15(23)20)25-17(21)24(16)10-4-2-1-3-5-10/h1-9,15,17H,20-21H2. The highest BCUT2D eigenvalue weighted by Gasteiger charge is 2.38. The fourth-order valence-electron chi connectivity index (χ4n) is 2.85. The van der Waals surface area contributed by atoms with Crippen molar-refractivity contribution in [1.82, 2.24) is 0 Å². The lowest BCUT2D eigenvalue weighted by atomic mass is 10.2. The molecule has 25 heavy (non-hydrogen) atoms. The van der Waals surface area contributed by atoms with Gasteiger partial charge in [-0.2, -0.15) is 0 Å². The third kappa shape index (κ3) is 2.79. The third-order valence-corrected chi connectivity index (χ3v) is 5.48. The first-order chi connectivity index (χ1) is 12.1. The van der Waals surface area contributed by atoms with Crippen LogP contribution in [0.5, 0.6) is 0 Å². The molecule has 2 atom stereocenters. The number of nitrogens with zero attached hydrogens (tertiary/aromatic N) is 3. The SMILES string of the molecule is NC1C2=C(N=CN1c1ccc(F)c(Cl)c1)N(c1ccccc1)C(N)S2. The molecule has 2 aliphatic rings. The van der Waals surface area contributed by atoms with E-state index in [4.69, 9.17) is 23.1 Å². The fraction of sp³-hybridized carbons (Fsp3) is 0.118. The van der Waals surface area contributed by atoms with Crippen LogP contribution in [0.25, 0.3) is 0 Å². The highest BCUT2D eigenvalue weighted by molar-refractivity contribution is 8.04. The van der Waals surface area contributed by atoms with Crippen LogP contribution >= 0.6 is 23.4 Å². The van der Waals surface area contributed by atoms with Crippen molar-refractivity contribution >= 4 is 41.1 Å². The van der Waals surface area contributed by atoms with Crippen molar-refractivity contribution in [3.63, 3.8) is 0 Å². The Morgan fingerprint density at radius 2 is 1.84 bits per heavy atom. The Balaban J connectivity index is 1.68. The zero-order chi connectivity index (χ0) is 17.6. The molecule has 0 radical (unpaired) electrons. The smallest absolute Gasteiger partial charge is 0.150 e. The van der Waals surface area contributed by atoms with Crippen molar-refractivity contribution in [3.8, 4) is 0 Å². The summed E-state index contributed by atoms with van der Waals surface area (Å²) in [5, 5.41) is 0.0413. The first-order valence-electron chi connectivity index (χ1n) is 7.60. The van der Waals surface area contributed by atoms with Crippen LogP contribution in [0.1, 0.15) is 0 Å². The molecule has 4 N–H and O–H groups in total. The minimum Gasteiger partial charge on any atom is -0.312 e. The van der Waals surface area contributed by atoms with E-state index in [1.165, 1.54) is 23.9 Å². The van der Waals surface area contributed by atoms with Gasteiger partial charge in [-0.1, -0.05) is 41.6 Å². The van der Waals surface area contributed by atoms with Gasteiger partial charge < -0.3 is 16.4 Å². The summed E-state index contributed by atoms with van der Waals surface area (Å²) in [6.45, 7) is 0. The monoisotopic (exact) mass is 375 g/mol. The van der Waals surface area contributed by atoms with E-state index >= 15 is 0 Å². The van der Waals surface area contributed by atoms with Crippen LogP contribution in [-0.4, -0.2) is 18.0 Å². The average Bonchev–Trinajstić information content (AvgIpc) is 2.96. The number of anilines is 2. The number of benzene rings is 2. The molecule has 0 amide bonds. The van der Waals surface area contributed by atoms with Gasteiger partial charge in [-0.3, -0.25) is 4.90 Å². The lowest BCUT2D eigenvalue weighted by molar-refractivity contribution is 0.628. The van der Waals surface area contributed by atoms with E-state index in [9.17, 15) is 4.39 Å². The molecule has 128 valence electrons. The average molecular weight is 376 g/mol. The van der Waals surface area contributed by atoms with E-state index in [1.807, 2.05) is 35.2 Å². The lowest BCUT2D eigenvalue weighted by Gasteiger charge is -2.31. The van der Waals surface area contributed by atoms with E-state index in [2.05, 4.69) is 4.99 Å². The van der Waals surface area contributed by atoms with Gasteiger partial charge in [-0.05, 0) is 30.3 Å². The minimum atomic E-state index is -0.473. The van der Waals surface area contributed by atoms with Crippen LogP contribution in [0.2, 0.25) is 5.02 Å². The molecule has 0 aliphatic carbocycles. The molecule has 2 unspecified atom stereocenters. The maximum absolute atomic E-state index is 13.4. The molecular weight excluding hydrogens is 361 g/mol. The van der Waals surface area contributed by atoms with Gasteiger partial charge in [0.1, 0.15) is 23.3 Å². The van der Waals surface area contributed by atoms with Crippen LogP contribution in [0.3, 0.4) is 0 Å². The molecule has 2 heterocycles. The quantitative estimate of drug-likeness (QED) is 0.842. The number of thioether (sulfide) groups is 1. The molecule has 0 saturated heterocycles. The molecule has 2 aromatic rings. The van der Waals surface area contributed by atoms with Gasteiger partial charge in [-0.15, -0.1) is 0 Å². The van der Waals surface area contributed by atoms with E-state index in [1.54, 1.807) is 17.3 Å². The summed E-state index contributed by atoms with van der Waals surface area (Å²) < 4.78 is 13.4. The molecule has 5 nitrogen and oxygen atoms in total. The Bertz CT molecular complexity index is 873. The Morgan fingerprint density at radius 1 is 1.08 bits per heavy atom. The molecule has 0 aromatic heterocycles. The summed E-state index contributed by atoms with van der Waals surface area (Å²) in [7, 11) is 0. The number of halogens is 2.